The van der Waals surface area contributed by atoms with E-state index in [-0.39, 0.29) is 30.4 Å². The van der Waals surface area contributed by atoms with Gasteiger partial charge in [0.05, 0.1) is 6.04 Å². The van der Waals surface area contributed by atoms with Gasteiger partial charge in [-0.25, -0.2) is 4.79 Å². The Hall–Kier alpha value is -3.10. The minimum atomic E-state index is -0.940. The minimum absolute atomic E-state index is 0.0626. The highest BCUT2D eigenvalue weighted by molar-refractivity contribution is 6.07. The molecule has 5 amide bonds. The number of amides is 5. The fourth-order valence-electron chi connectivity index (χ4n) is 4.82. The van der Waals surface area contributed by atoms with E-state index in [0.29, 0.717) is 64.0 Å². The van der Waals surface area contributed by atoms with Crippen molar-refractivity contribution in [1.82, 2.24) is 20.0 Å². The predicted molar refractivity (Wildman–Crippen MR) is 116 cm³/mol. The molecule has 0 aromatic heterocycles. The fourth-order valence-corrected chi connectivity index (χ4v) is 4.82. The number of urea groups is 1. The van der Waals surface area contributed by atoms with Crippen LogP contribution in [0.4, 0.5) is 4.79 Å². The number of piperidine rings is 2. The van der Waals surface area contributed by atoms with E-state index in [1.807, 2.05) is 25.1 Å². The van der Waals surface area contributed by atoms with Crippen molar-refractivity contribution in [3.63, 3.8) is 0 Å². The lowest BCUT2D eigenvalue weighted by molar-refractivity contribution is -0.141. The number of hydrogen-bond donors (Lipinski definition) is 1. The molecular formula is C23H30N4O5. The second kappa shape index (κ2) is 9.18. The van der Waals surface area contributed by atoms with Crippen LogP contribution < -0.4 is 10.1 Å². The molecule has 3 aliphatic heterocycles. The van der Waals surface area contributed by atoms with Gasteiger partial charge in [-0.15, -0.1) is 0 Å². The number of rotatable bonds is 5. The van der Waals surface area contributed by atoms with Crippen LogP contribution in [0, 0.1) is 0 Å². The number of benzene rings is 1. The van der Waals surface area contributed by atoms with Crippen LogP contribution in [-0.2, 0) is 14.4 Å². The molecule has 3 heterocycles. The lowest BCUT2D eigenvalue weighted by Crippen LogP contribution is -2.57. The van der Waals surface area contributed by atoms with Crippen LogP contribution in [0.15, 0.2) is 30.3 Å². The van der Waals surface area contributed by atoms with Gasteiger partial charge in [0.2, 0.25) is 5.91 Å². The van der Waals surface area contributed by atoms with Gasteiger partial charge in [-0.05, 0) is 37.8 Å². The predicted octanol–water partition coefficient (Wildman–Crippen LogP) is 1.38. The van der Waals surface area contributed by atoms with Crippen LogP contribution in [0.25, 0.3) is 0 Å². The average molecular weight is 443 g/mol. The third-order valence-electron chi connectivity index (χ3n) is 6.69. The van der Waals surface area contributed by atoms with E-state index >= 15 is 0 Å². The van der Waals surface area contributed by atoms with Crippen molar-refractivity contribution in [3.05, 3.63) is 30.3 Å². The maximum absolute atomic E-state index is 13.3. The van der Waals surface area contributed by atoms with Crippen molar-refractivity contribution in [1.29, 1.82) is 0 Å². The fraction of sp³-hybridized carbons (Fsp3) is 0.565. The Balaban J connectivity index is 1.37. The van der Waals surface area contributed by atoms with Gasteiger partial charge in [0.1, 0.15) is 11.3 Å². The molecule has 0 radical (unpaired) electrons. The van der Waals surface area contributed by atoms with Crippen molar-refractivity contribution >= 4 is 23.8 Å². The number of ether oxygens (including phenoxy) is 1. The molecule has 3 aliphatic rings. The molecule has 0 saturated carbocycles. The maximum Gasteiger partial charge on any atom is 0.325 e. The molecule has 1 aromatic rings. The number of likely N-dealkylation sites (tertiary alicyclic amines) is 2. The number of carbonyl (C=O) groups is 4. The molecule has 9 heteroatoms. The summed E-state index contributed by atoms with van der Waals surface area (Å²) in [7, 11) is 0. The van der Waals surface area contributed by atoms with E-state index < -0.39 is 11.6 Å². The van der Waals surface area contributed by atoms with Crippen molar-refractivity contribution in [2.45, 2.75) is 50.6 Å². The lowest BCUT2D eigenvalue weighted by Gasteiger charge is -2.39. The van der Waals surface area contributed by atoms with Gasteiger partial charge in [0.25, 0.3) is 11.8 Å². The monoisotopic (exact) mass is 442 g/mol. The van der Waals surface area contributed by atoms with Gasteiger partial charge in [-0.2, -0.15) is 0 Å². The summed E-state index contributed by atoms with van der Waals surface area (Å²) in [6, 6.07) is 8.38. The van der Waals surface area contributed by atoms with Gasteiger partial charge >= 0.3 is 6.03 Å². The normalized spacial score (nSPS) is 22.8. The quantitative estimate of drug-likeness (QED) is 0.695. The van der Waals surface area contributed by atoms with E-state index in [1.54, 1.807) is 21.9 Å². The molecule has 3 saturated heterocycles. The van der Waals surface area contributed by atoms with Crippen molar-refractivity contribution in [2.75, 3.05) is 32.8 Å². The topological polar surface area (TPSA) is 99.3 Å². The van der Waals surface area contributed by atoms with Crippen LogP contribution in [0.1, 0.15) is 39.0 Å². The molecular weight excluding hydrogens is 412 g/mol. The van der Waals surface area contributed by atoms with E-state index in [4.69, 9.17) is 4.74 Å². The second-order valence-corrected chi connectivity index (χ2v) is 8.66. The Bertz CT molecular complexity index is 882. The van der Waals surface area contributed by atoms with Crippen molar-refractivity contribution in [2.24, 2.45) is 0 Å². The summed E-state index contributed by atoms with van der Waals surface area (Å²) < 4.78 is 5.57. The first-order valence-electron chi connectivity index (χ1n) is 11.3. The Morgan fingerprint density at radius 1 is 1.06 bits per heavy atom. The highest BCUT2D eigenvalue weighted by atomic mass is 16.5. The molecule has 0 unspecified atom stereocenters. The average Bonchev–Trinajstić information content (AvgIpc) is 3.07. The number of nitrogens with one attached hydrogen (secondary N) is 1. The first kappa shape index (κ1) is 22.1. The molecule has 0 bridgehead atoms. The van der Waals surface area contributed by atoms with Crippen LogP contribution in [0.2, 0.25) is 0 Å². The van der Waals surface area contributed by atoms with Crippen molar-refractivity contribution < 1.29 is 23.9 Å². The highest BCUT2D eigenvalue weighted by Crippen LogP contribution is 2.32. The number of imide groups is 1. The van der Waals surface area contributed by atoms with Gasteiger partial charge < -0.3 is 19.9 Å². The Labute approximate surface area is 187 Å². The molecule has 1 spiro atoms. The molecule has 32 heavy (non-hydrogen) atoms. The van der Waals surface area contributed by atoms with Crippen molar-refractivity contribution in [3.8, 4) is 5.75 Å². The van der Waals surface area contributed by atoms with E-state index in [2.05, 4.69) is 5.32 Å². The number of para-hydroxylation sites is 1. The van der Waals surface area contributed by atoms with E-state index in [9.17, 15) is 19.2 Å². The Morgan fingerprint density at radius 3 is 2.47 bits per heavy atom. The number of hydrogen-bond acceptors (Lipinski definition) is 5. The zero-order valence-electron chi connectivity index (χ0n) is 18.4. The number of carbonyl (C=O) groups excluding carboxylic acids is 4. The summed E-state index contributed by atoms with van der Waals surface area (Å²) in [6.45, 7) is 3.54. The van der Waals surface area contributed by atoms with Crippen LogP contribution in [0.5, 0.6) is 5.75 Å². The van der Waals surface area contributed by atoms with E-state index in [1.165, 1.54) is 4.90 Å². The molecule has 172 valence electrons. The second-order valence-electron chi connectivity index (χ2n) is 8.66. The summed E-state index contributed by atoms with van der Waals surface area (Å²) >= 11 is 0. The summed E-state index contributed by atoms with van der Waals surface area (Å²) in [5.41, 5.74) is -0.940. The summed E-state index contributed by atoms with van der Waals surface area (Å²) in [5, 5.41) is 2.91. The first-order valence-corrected chi connectivity index (χ1v) is 11.3. The standard InChI is InChI=1S/C23H30N4O5/c1-2-19(28)25-13-10-23(11-14-25)21(30)27(22(31)24-23)17-7-6-12-26(15-17)20(29)16-32-18-8-4-3-5-9-18/h3-5,8-9,17H,2,6-7,10-16H2,1H3,(H,24,31)/t17-/m0/s1. The molecule has 3 fully saturated rings. The summed E-state index contributed by atoms with van der Waals surface area (Å²) in [6.07, 6.45) is 2.64. The maximum atomic E-state index is 13.3. The number of nitrogens with zero attached hydrogens (tertiary/aromatic N) is 3. The molecule has 1 N–H and O–H groups in total. The largest absolute Gasteiger partial charge is 0.484 e. The van der Waals surface area contributed by atoms with Gasteiger partial charge in [-0.3, -0.25) is 19.3 Å². The molecule has 1 atom stereocenters. The summed E-state index contributed by atoms with van der Waals surface area (Å²) in [5.74, 6) is 0.295. The molecule has 9 nitrogen and oxygen atoms in total. The van der Waals surface area contributed by atoms with Crippen LogP contribution in [0.3, 0.4) is 0 Å². The van der Waals surface area contributed by atoms with Gasteiger partial charge in [0, 0.05) is 32.6 Å². The smallest absolute Gasteiger partial charge is 0.325 e. The third-order valence-corrected chi connectivity index (χ3v) is 6.69. The zero-order chi connectivity index (χ0) is 22.7. The molecule has 1 aromatic carbocycles. The molecule has 4 rings (SSSR count). The van der Waals surface area contributed by atoms with Crippen LogP contribution in [-0.4, -0.2) is 82.8 Å². The third kappa shape index (κ3) is 4.28. The Morgan fingerprint density at radius 2 is 1.78 bits per heavy atom. The van der Waals surface area contributed by atoms with Gasteiger partial charge in [0.15, 0.2) is 6.61 Å². The lowest BCUT2D eigenvalue weighted by atomic mass is 9.87. The first-order chi connectivity index (χ1) is 15.4. The van der Waals surface area contributed by atoms with E-state index in [0.717, 1.165) is 0 Å². The molecule has 0 aliphatic carbocycles. The summed E-state index contributed by atoms with van der Waals surface area (Å²) in [4.78, 5) is 55.5. The minimum Gasteiger partial charge on any atom is -0.484 e. The van der Waals surface area contributed by atoms with Crippen LogP contribution >= 0.6 is 0 Å². The Kier molecular flexibility index (Phi) is 6.34. The highest BCUT2D eigenvalue weighted by Gasteiger charge is 2.54. The zero-order valence-corrected chi connectivity index (χ0v) is 18.4. The SMILES string of the molecule is CCC(=O)N1CCC2(CC1)NC(=O)N([C@H]1CCCN(C(=O)COc3ccccc3)C1)C2=O. The van der Waals surface area contributed by atoms with Gasteiger partial charge in [-0.1, -0.05) is 25.1 Å².